The van der Waals surface area contributed by atoms with E-state index in [1.54, 1.807) is 29.5 Å². The molecule has 0 fully saturated rings. The van der Waals surface area contributed by atoms with Crippen molar-refractivity contribution in [1.82, 2.24) is 5.32 Å². The molecule has 2 aromatic rings. The van der Waals surface area contributed by atoms with Gasteiger partial charge < -0.3 is 11.1 Å². The lowest BCUT2D eigenvalue weighted by atomic mass is 10.1. The zero-order chi connectivity index (χ0) is 13.1. The molecule has 18 heavy (non-hydrogen) atoms. The van der Waals surface area contributed by atoms with Crippen molar-refractivity contribution in [2.24, 2.45) is 0 Å². The van der Waals surface area contributed by atoms with Gasteiger partial charge in [-0.25, -0.2) is 0 Å². The zero-order valence-corrected chi connectivity index (χ0v) is 11.4. The highest BCUT2D eigenvalue weighted by atomic mass is 35.5. The highest BCUT2D eigenvalue weighted by Crippen LogP contribution is 2.21. The van der Waals surface area contributed by atoms with Gasteiger partial charge in [0.1, 0.15) is 0 Å². The quantitative estimate of drug-likeness (QED) is 0.846. The summed E-state index contributed by atoms with van der Waals surface area (Å²) in [5.74, 6) is -0.190. The number of benzene rings is 1. The molecule has 1 heterocycles. The summed E-state index contributed by atoms with van der Waals surface area (Å²) in [6.07, 6.45) is 0. The first kappa shape index (κ1) is 12.9. The topological polar surface area (TPSA) is 55.1 Å². The average molecular weight is 281 g/mol. The number of nitrogens with one attached hydrogen (secondary N) is 1. The van der Waals surface area contributed by atoms with Crippen LogP contribution in [0.1, 0.15) is 28.2 Å². The minimum atomic E-state index is -0.190. The van der Waals surface area contributed by atoms with Crippen LogP contribution in [0, 0.1) is 0 Å². The van der Waals surface area contributed by atoms with E-state index in [0.717, 1.165) is 4.88 Å². The van der Waals surface area contributed by atoms with Gasteiger partial charge in [0, 0.05) is 15.6 Å². The molecule has 0 bridgehead atoms. The zero-order valence-electron chi connectivity index (χ0n) is 9.81. The van der Waals surface area contributed by atoms with Gasteiger partial charge in [0.25, 0.3) is 5.91 Å². The maximum absolute atomic E-state index is 12.1. The summed E-state index contributed by atoms with van der Waals surface area (Å²) in [5.41, 5.74) is 6.61. The highest BCUT2D eigenvalue weighted by Gasteiger charge is 2.14. The molecule has 3 nitrogen and oxygen atoms in total. The number of amides is 1. The van der Waals surface area contributed by atoms with Crippen LogP contribution in [-0.4, -0.2) is 5.91 Å². The lowest BCUT2D eigenvalue weighted by molar-refractivity contribution is 0.0941. The minimum absolute atomic E-state index is 0.0346. The average Bonchev–Trinajstić information content (AvgIpc) is 2.81. The third-order valence-corrected chi connectivity index (χ3v) is 3.87. The summed E-state index contributed by atoms with van der Waals surface area (Å²) in [5, 5.41) is 5.41. The van der Waals surface area contributed by atoms with Gasteiger partial charge in [-0.1, -0.05) is 17.7 Å². The molecule has 2 rings (SSSR count). The van der Waals surface area contributed by atoms with E-state index in [9.17, 15) is 4.79 Å². The second-order valence-corrected chi connectivity index (χ2v) is 5.36. The van der Waals surface area contributed by atoms with E-state index in [2.05, 4.69) is 5.32 Å². The van der Waals surface area contributed by atoms with Crippen molar-refractivity contribution < 1.29 is 4.79 Å². The van der Waals surface area contributed by atoms with Crippen molar-refractivity contribution in [3.05, 3.63) is 51.2 Å². The monoisotopic (exact) mass is 280 g/mol. The Morgan fingerprint density at radius 1 is 1.44 bits per heavy atom. The molecule has 0 saturated carbocycles. The number of rotatable bonds is 3. The smallest absolute Gasteiger partial charge is 0.253 e. The first-order valence-electron chi connectivity index (χ1n) is 5.47. The predicted molar refractivity (Wildman–Crippen MR) is 76.1 cm³/mol. The Morgan fingerprint density at radius 2 is 2.22 bits per heavy atom. The molecular formula is C13H13ClN2OS. The summed E-state index contributed by atoms with van der Waals surface area (Å²) in [4.78, 5) is 13.2. The number of nitrogens with two attached hydrogens (primary N) is 1. The Labute approximate surface area is 115 Å². The van der Waals surface area contributed by atoms with Crippen molar-refractivity contribution in [2.75, 3.05) is 5.73 Å². The van der Waals surface area contributed by atoms with Gasteiger partial charge in [0.15, 0.2) is 0 Å². The van der Waals surface area contributed by atoms with E-state index >= 15 is 0 Å². The van der Waals surface area contributed by atoms with Crippen LogP contribution < -0.4 is 11.1 Å². The van der Waals surface area contributed by atoms with Crippen LogP contribution in [0.25, 0.3) is 0 Å². The van der Waals surface area contributed by atoms with Crippen molar-refractivity contribution in [3.63, 3.8) is 0 Å². The van der Waals surface area contributed by atoms with Gasteiger partial charge in [0.2, 0.25) is 0 Å². The van der Waals surface area contributed by atoms with Crippen LogP contribution in [-0.2, 0) is 0 Å². The number of anilines is 1. The molecule has 0 saturated heterocycles. The van der Waals surface area contributed by atoms with Crippen LogP contribution >= 0.6 is 22.9 Å². The predicted octanol–water partition coefficient (Wildman–Crippen LogP) is 3.47. The van der Waals surface area contributed by atoms with Gasteiger partial charge in [-0.05, 0) is 36.6 Å². The summed E-state index contributed by atoms with van der Waals surface area (Å²) in [6, 6.07) is 8.77. The summed E-state index contributed by atoms with van der Waals surface area (Å²) >= 11 is 7.41. The van der Waals surface area contributed by atoms with E-state index in [0.29, 0.717) is 16.3 Å². The third kappa shape index (κ3) is 2.83. The van der Waals surface area contributed by atoms with Crippen LogP contribution in [0.3, 0.4) is 0 Å². The molecule has 1 aromatic carbocycles. The molecule has 1 atom stereocenters. The molecular weight excluding hydrogens is 268 g/mol. The minimum Gasteiger partial charge on any atom is -0.398 e. The largest absolute Gasteiger partial charge is 0.398 e. The Bertz CT molecular complexity index is 554. The molecule has 0 spiro atoms. The Morgan fingerprint density at radius 3 is 2.83 bits per heavy atom. The number of hydrogen-bond donors (Lipinski definition) is 2. The van der Waals surface area contributed by atoms with Crippen LogP contribution in [0.2, 0.25) is 5.02 Å². The number of nitrogen functional groups attached to an aromatic ring is 1. The highest BCUT2D eigenvalue weighted by molar-refractivity contribution is 7.10. The van der Waals surface area contributed by atoms with Gasteiger partial charge >= 0.3 is 0 Å². The molecule has 1 amide bonds. The first-order chi connectivity index (χ1) is 8.58. The van der Waals surface area contributed by atoms with E-state index < -0.39 is 0 Å². The Hall–Kier alpha value is -1.52. The Kier molecular flexibility index (Phi) is 3.89. The summed E-state index contributed by atoms with van der Waals surface area (Å²) in [7, 11) is 0. The van der Waals surface area contributed by atoms with Gasteiger partial charge in [-0.15, -0.1) is 11.3 Å². The van der Waals surface area contributed by atoms with Crippen LogP contribution in [0.15, 0.2) is 35.7 Å². The molecule has 0 aliphatic rings. The van der Waals surface area contributed by atoms with E-state index in [-0.39, 0.29) is 11.9 Å². The number of hydrogen-bond acceptors (Lipinski definition) is 3. The van der Waals surface area contributed by atoms with Crippen molar-refractivity contribution in [2.45, 2.75) is 13.0 Å². The second kappa shape index (κ2) is 5.42. The van der Waals surface area contributed by atoms with E-state index in [4.69, 9.17) is 17.3 Å². The maximum atomic E-state index is 12.1. The summed E-state index contributed by atoms with van der Waals surface area (Å²) < 4.78 is 0. The van der Waals surface area contributed by atoms with Gasteiger partial charge in [0.05, 0.1) is 11.6 Å². The fourth-order valence-corrected chi connectivity index (χ4v) is 2.54. The Balaban J connectivity index is 2.12. The standard InChI is InChI=1S/C13H13ClN2OS/c1-8(12-3-2-6-18-12)16-13(17)10-5-4-9(14)7-11(10)15/h2-8H,15H2,1H3,(H,16,17)/t8-/m0/s1. The fourth-order valence-electron chi connectivity index (χ4n) is 1.62. The van der Waals surface area contributed by atoms with Crippen molar-refractivity contribution >= 4 is 34.5 Å². The number of thiophene rings is 1. The molecule has 3 N–H and O–H groups in total. The first-order valence-corrected chi connectivity index (χ1v) is 6.73. The van der Waals surface area contributed by atoms with Crippen LogP contribution in [0.5, 0.6) is 0 Å². The molecule has 5 heteroatoms. The number of halogens is 1. The van der Waals surface area contributed by atoms with E-state index in [1.165, 1.54) is 0 Å². The maximum Gasteiger partial charge on any atom is 0.253 e. The lowest BCUT2D eigenvalue weighted by Gasteiger charge is -2.13. The van der Waals surface area contributed by atoms with Crippen molar-refractivity contribution in [3.8, 4) is 0 Å². The van der Waals surface area contributed by atoms with Crippen LogP contribution in [0.4, 0.5) is 5.69 Å². The molecule has 94 valence electrons. The number of carbonyl (C=O) groups is 1. The van der Waals surface area contributed by atoms with Gasteiger partial charge in [-0.3, -0.25) is 4.79 Å². The second-order valence-electron chi connectivity index (χ2n) is 3.94. The van der Waals surface area contributed by atoms with Gasteiger partial charge in [-0.2, -0.15) is 0 Å². The molecule has 0 aliphatic heterocycles. The lowest BCUT2D eigenvalue weighted by Crippen LogP contribution is -2.26. The molecule has 0 aliphatic carbocycles. The fraction of sp³-hybridized carbons (Fsp3) is 0.154. The van der Waals surface area contributed by atoms with E-state index in [1.807, 2.05) is 24.4 Å². The van der Waals surface area contributed by atoms with Crippen molar-refractivity contribution in [1.29, 1.82) is 0 Å². The normalized spacial score (nSPS) is 12.1. The molecule has 0 unspecified atom stereocenters. The summed E-state index contributed by atoms with van der Waals surface area (Å²) in [6.45, 7) is 1.94. The SMILES string of the molecule is C[C@H](NC(=O)c1ccc(Cl)cc1N)c1cccs1. The molecule has 0 radical (unpaired) electrons. The molecule has 1 aromatic heterocycles. The third-order valence-electron chi connectivity index (χ3n) is 2.58. The number of carbonyl (C=O) groups excluding carboxylic acids is 1.